The lowest BCUT2D eigenvalue weighted by molar-refractivity contribution is -0.384. The van der Waals surface area contributed by atoms with Crippen LogP contribution in [0, 0.1) is 10.1 Å². The number of unbranched alkanes of at least 4 members (excludes halogenated alkanes) is 7. The van der Waals surface area contributed by atoms with Gasteiger partial charge in [0, 0.05) is 29.8 Å². The second-order valence-corrected chi connectivity index (χ2v) is 8.84. The van der Waals surface area contributed by atoms with Gasteiger partial charge in [-0.3, -0.25) is 10.1 Å². The van der Waals surface area contributed by atoms with E-state index in [1.54, 1.807) is 18.3 Å². The molecule has 0 bridgehead atoms. The van der Waals surface area contributed by atoms with E-state index in [0.29, 0.717) is 21.5 Å². The monoisotopic (exact) mass is 443 g/mol. The molecule has 1 heterocycles. The number of aromatic hydroxyl groups is 2. The van der Waals surface area contributed by atoms with E-state index in [1.807, 2.05) is 0 Å². The summed E-state index contributed by atoms with van der Waals surface area (Å²) in [5.74, 6) is 0.970. The van der Waals surface area contributed by atoms with E-state index in [2.05, 4.69) is 12.0 Å². The molecule has 0 saturated carbocycles. The van der Waals surface area contributed by atoms with Gasteiger partial charge in [-0.25, -0.2) is 4.68 Å². The summed E-state index contributed by atoms with van der Waals surface area (Å²) in [4.78, 5) is 11.1. The third-order valence-corrected chi connectivity index (χ3v) is 6.39. The van der Waals surface area contributed by atoms with Crippen LogP contribution in [0.25, 0.3) is 16.6 Å². The molecule has 0 fully saturated rings. The number of rotatable bonds is 12. The zero-order valence-corrected chi connectivity index (χ0v) is 18.6. The third-order valence-electron chi connectivity index (χ3n) is 5.26. The van der Waals surface area contributed by atoms with E-state index in [-0.39, 0.29) is 17.2 Å². The Bertz CT molecular complexity index is 1040. The molecule has 31 heavy (non-hydrogen) atoms. The van der Waals surface area contributed by atoms with Gasteiger partial charge in [0.15, 0.2) is 0 Å². The van der Waals surface area contributed by atoms with E-state index >= 15 is 0 Å². The lowest BCUT2D eigenvalue weighted by atomic mass is 10.1. The SMILES string of the molecule is CCCCCCCCCCSc1cc(O)c(-n2cc3cc([N+](=O)[O-])ccc3n2)cc1O. The molecule has 0 aliphatic rings. The van der Waals surface area contributed by atoms with Crippen molar-refractivity contribution in [2.45, 2.75) is 63.2 Å². The smallest absolute Gasteiger partial charge is 0.270 e. The number of fused-ring (bicyclic) bond motifs is 1. The van der Waals surface area contributed by atoms with Gasteiger partial charge in [-0.05, 0) is 24.3 Å². The standard InChI is InChI=1S/C23H29N3O4S/c1-2-3-4-5-6-7-8-9-12-31-23-15-21(27)20(14-22(23)28)25-16-17-13-18(26(29)30)10-11-19(17)24-25/h10-11,13-16,27-28H,2-9,12H2,1H3. The largest absolute Gasteiger partial charge is 0.507 e. The molecule has 166 valence electrons. The molecule has 1 aromatic heterocycles. The molecule has 0 amide bonds. The van der Waals surface area contributed by atoms with Crippen molar-refractivity contribution in [2.24, 2.45) is 0 Å². The van der Waals surface area contributed by atoms with Crippen LogP contribution < -0.4 is 0 Å². The molecule has 3 aromatic rings. The van der Waals surface area contributed by atoms with Crippen LogP contribution in [0.3, 0.4) is 0 Å². The first-order chi connectivity index (χ1) is 15.0. The summed E-state index contributed by atoms with van der Waals surface area (Å²) < 4.78 is 1.43. The number of nitro groups is 1. The summed E-state index contributed by atoms with van der Waals surface area (Å²) in [5, 5.41) is 36.8. The quantitative estimate of drug-likeness (QED) is 0.108. The average Bonchev–Trinajstić information content (AvgIpc) is 3.17. The van der Waals surface area contributed by atoms with Crippen molar-refractivity contribution >= 4 is 28.4 Å². The minimum atomic E-state index is -0.460. The van der Waals surface area contributed by atoms with Crippen molar-refractivity contribution in [1.29, 1.82) is 0 Å². The van der Waals surface area contributed by atoms with Crippen molar-refractivity contribution in [3.05, 3.63) is 46.6 Å². The normalized spacial score (nSPS) is 11.3. The number of phenols is 2. The van der Waals surface area contributed by atoms with Gasteiger partial charge in [0.1, 0.15) is 17.2 Å². The number of benzene rings is 2. The maximum Gasteiger partial charge on any atom is 0.270 e. The summed E-state index contributed by atoms with van der Waals surface area (Å²) in [6, 6.07) is 7.42. The molecular weight excluding hydrogens is 414 g/mol. The van der Waals surface area contributed by atoms with Gasteiger partial charge in [-0.2, -0.15) is 5.10 Å². The minimum absolute atomic E-state index is 0.00136. The van der Waals surface area contributed by atoms with Gasteiger partial charge in [0.2, 0.25) is 0 Å². The Hall–Kier alpha value is -2.74. The van der Waals surface area contributed by atoms with Crippen molar-refractivity contribution in [1.82, 2.24) is 9.78 Å². The van der Waals surface area contributed by atoms with Crippen molar-refractivity contribution in [2.75, 3.05) is 5.75 Å². The summed E-state index contributed by atoms with van der Waals surface area (Å²) >= 11 is 1.53. The highest BCUT2D eigenvalue weighted by molar-refractivity contribution is 7.99. The maximum absolute atomic E-state index is 11.0. The van der Waals surface area contributed by atoms with Gasteiger partial charge in [0.05, 0.1) is 15.3 Å². The van der Waals surface area contributed by atoms with Crippen LogP contribution in [0.2, 0.25) is 0 Å². The molecule has 0 spiro atoms. The number of aromatic nitrogens is 2. The van der Waals surface area contributed by atoms with Crippen molar-refractivity contribution < 1.29 is 15.1 Å². The first-order valence-corrected chi connectivity index (χ1v) is 11.8. The van der Waals surface area contributed by atoms with Crippen LogP contribution in [-0.4, -0.2) is 30.7 Å². The lowest BCUT2D eigenvalue weighted by Crippen LogP contribution is -1.95. The predicted molar refractivity (Wildman–Crippen MR) is 124 cm³/mol. The van der Waals surface area contributed by atoms with E-state index in [1.165, 1.54) is 79.6 Å². The molecule has 0 atom stereocenters. The van der Waals surface area contributed by atoms with Crippen molar-refractivity contribution in [3.8, 4) is 17.2 Å². The fourth-order valence-electron chi connectivity index (χ4n) is 3.51. The Morgan fingerprint density at radius 1 is 1.00 bits per heavy atom. The number of hydrogen-bond acceptors (Lipinski definition) is 6. The number of nitro benzene ring substituents is 1. The van der Waals surface area contributed by atoms with E-state index in [0.717, 1.165) is 12.2 Å². The molecule has 2 aromatic carbocycles. The zero-order valence-electron chi connectivity index (χ0n) is 17.8. The molecule has 3 rings (SSSR count). The molecule has 0 saturated heterocycles. The van der Waals surface area contributed by atoms with Gasteiger partial charge in [-0.15, -0.1) is 11.8 Å². The zero-order chi connectivity index (χ0) is 22.2. The van der Waals surface area contributed by atoms with Crippen LogP contribution in [0.15, 0.2) is 41.4 Å². The number of thioether (sulfide) groups is 1. The second-order valence-electron chi connectivity index (χ2n) is 7.71. The Morgan fingerprint density at radius 3 is 2.42 bits per heavy atom. The van der Waals surface area contributed by atoms with Gasteiger partial charge >= 0.3 is 0 Å². The topological polar surface area (TPSA) is 101 Å². The average molecular weight is 444 g/mol. The van der Waals surface area contributed by atoms with Crippen molar-refractivity contribution in [3.63, 3.8) is 0 Å². The van der Waals surface area contributed by atoms with E-state index in [9.17, 15) is 20.3 Å². The van der Waals surface area contributed by atoms with Crippen LogP contribution >= 0.6 is 11.8 Å². The Labute approximate surface area is 186 Å². The highest BCUT2D eigenvalue weighted by atomic mass is 32.2. The molecule has 0 aliphatic carbocycles. The highest BCUT2D eigenvalue weighted by Gasteiger charge is 2.14. The molecular formula is C23H29N3O4S. The lowest BCUT2D eigenvalue weighted by Gasteiger charge is -2.10. The van der Waals surface area contributed by atoms with Gasteiger partial charge in [-0.1, -0.05) is 51.9 Å². The van der Waals surface area contributed by atoms with Crippen LogP contribution in [0.5, 0.6) is 11.5 Å². The molecule has 8 heteroatoms. The number of hydrogen-bond donors (Lipinski definition) is 2. The number of non-ortho nitro benzene ring substituents is 1. The Balaban J connectivity index is 1.59. The van der Waals surface area contributed by atoms with E-state index in [4.69, 9.17) is 0 Å². The molecule has 7 nitrogen and oxygen atoms in total. The molecule has 0 radical (unpaired) electrons. The van der Waals surface area contributed by atoms with Gasteiger partial charge < -0.3 is 10.2 Å². The first kappa shape index (κ1) is 22.9. The second kappa shape index (κ2) is 11.0. The highest BCUT2D eigenvalue weighted by Crippen LogP contribution is 2.37. The number of nitrogens with zero attached hydrogens (tertiary/aromatic N) is 3. The number of phenolic OH excluding ortho intramolecular Hbond substituents is 2. The predicted octanol–water partition coefficient (Wildman–Crippen LogP) is 6.58. The Kier molecular flexibility index (Phi) is 8.17. The van der Waals surface area contributed by atoms with Crippen LogP contribution in [0.1, 0.15) is 58.3 Å². The summed E-state index contributed by atoms with van der Waals surface area (Å²) in [7, 11) is 0. The molecule has 0 aliphatic heterocycles. The Morgan fingerprint density at radius 2 is 1.71 bits per heavy atom. The fourth-order valence-corrected chi connectivity index (χ4v) is 4.48. The summed E-state index contributed by atoms with van der Waals surface area (Å²) in [6.07, 6.45) is 11.6. The molecule has 2 N–H and O–H groups in total. The van der Waals surface area contributed by atoms with Crippen LogP contribution in [0.4, 0.5) is 5.69 Å². The van der Waals surface area contributed by atoms with Crippen LogP contribution in [-0.2, 0) is 0 Å². The molecule has 0 unspecified atom stereocenters. The summed E-state index contributed by atoms with van der Waals surface area (Å²) in [6.45, 7) is 2.22. The first-order valence-electron chi connectivity index (χ1n) is 10.8. The van der Waals surface area contributed by atoms with Gasteiger partial charge in [0.25, 0.3) is 5.69 Å². The third kappa shape index (κ3) is 6.13. The fraction of sp³-hybridized carbons (Fsp3) is 0.435. The van der Waals surface area contributed by atoms with E-state index < -0.39 is 4.92 Å². The maximum atomic E-state index is 11.0. The minimum Gasteiger partial charge on any atom is -0.507 e. The summed E-state index contributed by atoms with van der Waals surface area (Å²) in [5.41, 5.74) is 0.872.